The Bertz CT molecular complexity index is 793. The van der Waals surface area contributed by atoms with Gasteiger partial charge in [0.15, 0.2) is 0 Å². The van der Waals surface area contributed by atoms with Crippen molar-refractivity contribution in [1.82, 2.24) is 20.2 Å². The van der Waals surface area contributed by atoms with Gasteiger partial charge < -0.3 is 4.90 Å². The number of hydrogen-bond acceptors (Lipinski definition) is 6. The van der Waals surface area contributed by atoms with Crippen LogP contribution < -0.4 is 4.90 Å². The highest BCUT2D eigenvalue weighted by molar-refractivity contribution is 7.86. The second-order valence-corrected chi connectivity index (χ2v) is 6.43. The minimum absolute atomic E-state index is 0.00685. The molecule has 0 N–H and O–H groups in total. The lowest BCUT2D eigenvalue weighted by molar-refractivity contribution is -0.117. The zero-order valence-corrected chi connectivity index (χ0v) is 12.1. The van der Waals surface area contributed by atoms with Crippen LogP contribution in [0.5, 0.6) is 0 Å². The Labute approximate surface area is 125 Å². The molecule has 0 aliphatic carbocycles. The van der Waals surface area contributed by atoms with Gasteiger partial charge >= 0.3 is 10.2 Å². The molecule has 1 atom stereocenters. The van der Waals surface area contributed by atoms with Crippen molar-refractivity contribution in [2.45, 2.75) is 6.42 Å². The summed E-state index contributed by atoms with van der Waals surface area (Å²) in [5.74, 6) is -1.47. The molecule has 1 amide bonds. The Kier molecular flexibility index (Phi) is 3.61. The molecule has 1 saturated heterocycles. The zero-order chi connectivity index (χ0) is 15.7. The number of halogens is 1. The van der Waals surface area contributed by atoms with Gasteiger partial charge in [-0.1, -0.05) is 12.1 Å². The van der Waals surface area contributed by atoms with E-state index in [0.717, 1.165) is 0 Å². The van der Waals surface area contributed by atoms with Crippen molar-refractivity contribution in [3.05, 3.63) is 30.6 Å². The average Bonchev–Trinajstić information content (AvgIpc) is 3.07. The molecule has 3 rings (SSSR count). The predicted molar refractivity (Wildman–Crippen MR) is 74.5 cm³/mol. The Balaban J connectivity index is 1.91. The fraction of sp³-hybridized carbons (Fsp3) is 0.333. The average molecular weight is 325 g/mol. The van der Waals surface area contributed by atoms with E-state index in [4.69, 9.17) is 0 Å². The first kappa shape index (κ1) is 14.6. The maximum Gasteiger partial charge on any atom is 0.302 e. The van der Waals surface area contributed by atoms with Gasteiger partial charge in [-0.15, -0.1) is 8.98 Å². The van der Waals surface area contributed by atoms with Crippen LogP contribution in [0.15, 0.2) is 30.6 Å². The third-order valence-corrected chi connectivity index (χ3v) is 4.28. The lowest BCUT2D eigenvalue weighted by Gasteiger charge is -2.19. The molecule has 1 aromatic carbocycles. The molecular formula is C12H12FN5O3S. The maximum absolute atomic E-state index is 12.8. The fourth-order valence-electron chi connectivity index (χ4n) is 2.57. The van der Waals surface area contributed by atoms with E-state index in [2.05, 4.69) is 15.5 Å². The molecule has 10 heteroatoms. The van der Waals surface area contributed by atoms with Gasteiger partial charge in [-0.3, -0.25) is 4.79 Å². The summed E-state index contributed by atoms with van der Waals surface area (Å²) in [6, 6.07) is 6.96. The number of tetrazole rings is 1. The van der Waals surface area contributed by atoms with E-state index in [1.807, 2.05) is 0 Å². The second-order valence-electron chi connectivity index (χ2n) is 5.02. The number of carbonyl (C=O) groups is 1. The van der Waals surface area contributed by atoms with E-state index >= 15 is 0 Å². The smallest absolute Gasteiger partial charge is 0.302 e. The molecule has 1 aliphatic rings. The molecule has 0 saturated carbocycles. The van der Waals surface area contributed by atoms with Crippen LogP contribution in [0.2, 0.25) is 0 Å². The molecule has 1 aromatic heterocycles. The molecule has 22 heavy (non-hydrogen) atoms. The molecule has 2 heterocycles. The topological polar surface area (TPSA) is 98.1 Å². The summed E-state index contributed by atoms with van der Waals surface area (Å²) in [6.45, 7) is 0.140. The minimum Gasteiger partial charge on any atom is -0.310 e. The number of nitrogens with zero attached hydrogens (tertiary/aromatic N) is 5. The third kappa shape index (κ3) is 2.96. The fourth-order valence-corrected chi connectivity index (χ4v) is 3.35. The molecule has 2 aromatic rings. The van der Waals surface area contributed by atoms with Gasteiger partial charge in [-0.25, -0.2) is 0 Å². The summed E-state index contributed by atoms with van der Waals surface area (Å²) in [6.07, 6.45) is 1.38. The molecule has 0 radical (unpaired) electrons. The molecule has 1 aliphatic heterocycles. The number of aromatic nitrogens is 4. The molecule has 1 unspecified atom stereocenters. The Morgan fingerprint density at radius 1 is 1.27 bits per heavy atom. The number of anilines is 1. The molecule has 8 nitrogen and oxygen atoms in total. The zero-order valence-electron chi connectivity index (χ0n) is 11.3. The van der Waals surface area contributed by atoms with Gasteiger partial charge in [0.25, 0.3) is 0 Å². The maximum atomic E-state index is 12.8. The first-order valence-corrected chi connectivity index (χ1v) is 8.04. The Hall–Kier alpha value is -2.36. The van der Waals surface area contributed by atoms with Gasteiger partial charge in [0.05, 0.1) is 17.1 Å². The van der Waals surface area contributed by atoms with E-state index in [0.29, 0.717) is 11.4 Å². The highest BCUT2D eigenvalue weighted by Gasteiger charge is 2.34. The van der Waals surface area contributed by atoms with Crippen LogP contribution in [0.4, 0.5) is 9.57 Å². The van der Waals surface area contributed by atoms with Crippen LogP contribution in [-0.4, -0.2) is 46.8 Å². The van der Waals surface area contributed by atoms with Gasteiger partial charge in [0.2, 0.25) is 5.91 Å². The van der Waals surface area contributed by atoms with Crippen molar-refractivity contribution in [2.75, 3.05) is 17.2 Å². The monoisotopic (exact) mass is 325 g/mol. The summed E-state index contributed by atoms with van der Waals surface area (Å²) in [5.41, 5.74) is 1.14. The first-order valence-electron chi connectivity index (χ1n) is 6.49. The molecule has 116 valence electrons. The summed E-state index contributed by atoms with van der Waals surface area (Å²) >= 11 is 0. The number of hydrogen-bond donors (Lipinski definition) is 0. The van der Waals surface area contributed by atoms with Gasteiger partial charge in [0, 0.05) is 18.9 Å². The van der Waals surface area contributed by atoms with Crippen molar-refractivity contribution in [3.63, 3.8) is 0 Å². The van der Waals surface area contributed by atoms with Crippen LogP contribution in [-0.2, 0) is 15.0 Å². The quantitative estimate of drug-likeness (QED) is 0.751. The summed E-state index contributed by atoms with van der Waals surface area (Å²) in [7, 11) is -4.61. The van der Waals surface area contributed by atoms with Crippen molar-refractivity contribution in [2.24, 2.45) is 5.92 Å². The highest BCUT2D eigenvalue weighted by Crippen LogP contribution is 2.30. The van der Waals surface area contributed by atoms with Crippen LogP contribution in [0.3, 0.4) is 0 Å². The van der Waals surface area contributed by atoms with Gasteiger partial charge in [0.1, 0.15) is 6.33 Å². The number of carbonyl (C=O) groups excluding carboxylic acids is 1. The van der Waals surface area contributed by atoms with Crippen LogP contribution >= 0.6 is 0 Å². The number of benzene rings is 1. The summed E-state index contributed by atoms with van der Waals surface area (Å²) in [4.78, 5) is 13.6. The summed E-state index contributed by atoms with van der Waals surface area (Å²) < 4.78 is 35.7. The van der Waals surface area contributed by atoms with E-state index < -0.39 is 21.9 Å². The highest BCUT2D eigenvalue weighted by atomic mass is 32.3. The van der Waals surface area contributed by atoms with Crippen LogP contribution in [0, 0.1) is 5.92 Å². The second kappa shape index (κ2) is 5.44. The lowest BCUT2D eigenvalue weighted by Crippen LogP contribution is -2.26. The largest absolute Gasteiger partial charge is 0.310 e. The first-order chi connectivity index (χ1) is 10.4. The molecular weight excluding hydrogens is 313 g/mol. The normalized spacial score (nSPS) is 18.9. The molecule has 1 fully saturated rings. The van der Waals surface area contributed by atoms with Crippen LogP contribution in [0.1, 0.15) is 6.42 Å². The number of para-hydroxylation sites is 2. The van der Waals surface area contributed by atoms with E-state index in [-0.39, 0.29) is 18.9 Å². The minimum atomic E-state index is -4.61. The third-order valence-electron chi connectivity index (χ3n) is 3.41. The van der Waals surface area contributed by atoms with Crippen molar-refractivity contribution in [1.29, 1.82) is 0 Å². The van der Waals surface area contributed by atoms with Crippen LogP contribution in [0.25, 0.3) is 5.69 Å². The van der Waals surface area contributed by atoms with E-state index in [1.54, 1.807) is 24.3 Å². The van der Waals surface area contributed by atoms with Crippen molar-refractivity contribution in [3.8, 4) is 5.69 Å². The Morgan fingerprint density at radius 3 is 2.64 bits per heavy atom. The Morgan fingerprint density at radius 2 is 2.00 bits per heavy atom. The van der Waals surface area contributed by atoms with E-state index in [1.165, 1.54) is 15.9 Å². The lowest BCUT2D eigenvalue weighted by atomic mass is 10.1. The number of amides is 1. The summed E-state index contributed by atoms with van der Waals surface area (Å²) in [5, 5.41) is 10.9. The van der Waals surface area contributed by atoms with Gasteiger partial charge in [-0.2, -0.15) is 13.1 Å². The standard InChI is InChI=1S/C12H12FN5O3S/c13-22(20,21)7-9-5-12(19)17(6-9)10-3-1-2-4-11(10)18-8-14-15-16-18/h1-4,8-9H,5-7H2. The molecule has 0 spiro atoms. The van der Waals surface area contributed by atoms with Crippen molar-refractivity contribution < 1.29 is 17.1 Å². The van der Waals surface area contributed by atoms with E-state index in [9.17, 15) is 17.1 Å². The SMILES string of the molecule is O=C1CC(CS(=O)(=O)F)CN1c1ccccc1-n1cnnn1. The number of rotatable bonds is 4. The van der Waals surface area contributed by atoms with Crippen molar-refractivity contribution >= 4 is 21.8 Å². The predicted octanol–water partition coefficient (Wildman–Crippen LogP) is 0.315. The van der Waals surface area contributed by atoms with Gasteiger partial charge in [-0.05, 0) is 22.6 Å². The molecule has 0 bridgehead atoms.